The Kier molecular flexibility index (Phi) is 8.71. The molecular weight excluding hydrogens is 432 g/mol. The number of nitrogens with zero attached hydrogens (tertiary/aromatic N) is 3. The minimum Gasteiger partial charge on any atom is -0.494 e. The molecule has 0 aliphatic heterocycles. The quantitative estimate of drug-likeness (QED) is 0.435. The summed E-state index contributed by atoms with van der Waals surface area (Å²) < 4.78 is 5.95. The van der Waals surface area contributed by atoms with Crippen LogP contribution in [-0.4, -0.2) is 41.2 Å². The first-order valence-electron chi connectivity index (χ1n) is 11.2. The number of hydrogen-bond donors (Lipinski definition) is 1. The van der Waals surface area contributed by atoms with Gasteiger partial charge in [-0.3, -0.25) is 4.98 Å². The van der Waals surface area contributed by atoms with Crippen molar-refractivity contribution in [2.75, 3.05) is 19.7 Å². The van der Waals surface area contributed by atoms with Gasteiger partial charge in [0.15, 0.2) is 0 Å². The molecule has 172 valence electrons. The maximum atomic E-state index is 9.05. The predicted molar refractivity (Wildman–Crippen MR) is 135 cm³/mol. The van der Waals surface area contributed by atoms with Gasteiger partial charge in [0.1, 0.15) is 11.8 Å². The molecule has 0 unspecified atom stereocenters. The van der Waals surface area contributed by atoms with Crippen LogP contribution in [-0.2, 0) is 0 Å². The Balaban J connectivity index is 1.43. The number of nitriles is 1. The van der Waals surface area contributed by atoms with E-state index < -0.39 is 0 Å². The molecule has 0 saturated heterocycles. The molecular formula is C27H31ClN4O. The zero-order chi connectivity index (χ0) is 23.7. The van der Waals surface area contributed by atoms with Crippen LogP contribution in [0.2, 0.25) is 0 Å². The van der Waals surface area contributed by atoms with Crippen molar-refractivity contribution in [2.24, 2.45) is 0 Å². The maximum Gasteiger partial charge on any atom is 0.119 e. The fourth-order valence-electron chi connectivity index (χ4n) is 3.75. The van der Waals surface area contributed by atoms with Crippen LogP contribution in [0.25, 0.3) is 11.1 Å². The van der Waals surface area contributed by atoms with Gasteiger partial charge in [-0.15, -0.1) is 0 Å². The highest BCUT2D eigenvalue weighted by atomic mass is 35.5. The van der Waals surface area contributed by atoms with E-state index >= 15 is 0 Å². The molecule has 0 radical (unpaired) electrons. The molecule has 0 fully saturated rings. The van der Waals surface area contributed by atoms with Crippen molar-refractivity contribution < 1.29 is 4.74 Å². The molecule has 0 spiro atoms. The molecule has 33 heavy (non-hydrogen) atoms. The number of allylic oxidation sites excluding steroid dienone is 2. The lowest BCUT2D eigenvalue weighted by molar-refractivity contribution is 0.164. The van der Waals surface area contributed by atoms with Crippen LogP contribution in [0.1, 0.15) is 26.7 Å². The van der Waals surface area contributed by atoms with E-state index in [9.17, 15) is 0 Å². The van der Waals surface area contributed by atoms with Crippen molar-refractivity contribution in [1.29, 1.82) is 5.26 Å². The SMILES string of the molecule is C=CN(CCCOc1ccc(-c2ccncc2)cc1)C(C)(C)CN[C@@H]1C=C(Cl)C(C#N)=CC1. The third-order valence-corrected chi connectivity index (χ3v) is 6.11. The Morgan fingerprint density at radius 3 is 2.58 bits per heavy atom. The molecule has 0 amide bonds. The van der Waals surface area contributed by atoms with E-state index in [1.165, 1.54) is 0 Å². The smallest absolute Gasteiger partial charge is 0.119 e. The summed E-state index contributed by atoms with van der Waals surface area (Å²) in [6, 6.07) is 14.4. The average molecular weight is 463 g/mol. The van der Waals surface area contributed by atoms with Crippen LogP contribution in [0.4, 0.5) is 0 Å². The first kappa shape index (κ1) is 24.6. The van der Waals surface area contributed by atoms with Crippen molar-refractivity contribution in [1.82, 2.24) is 15.2 Å². The van der Waals surface area contributed by atoms with Gasteiger partial charge in [-0.25, -0.2) is 0 Å². The lowest BCUT2D eigenvalue weighted by atomic mass is 9.99. The van der Waals surface area contributed by atoms with Gasteiger partial charge in [-0.05, 0) is 74.4 Å². The second kappa shape index (κ2) is 11.7. The largest absolute Gasteiger partial charge is 0.494 e. The van der Waals surface area contributed by atoms with Gasteiger partial charge < -0.3 is 15.0 Å². The average Bonchev–Trinajstić information content (AvgIpc) is 2.83. The summed E-state index contributed by atoms with van der Waals surface area (Å²) in [5, 5.41) is 13.1. The Morgan fingerprint density at radius 2 is 1.94 bits per heavy atom. The lowest BCUT2D eigenvalue weighted by Crippen LogP contribution is -2.50. The normalized spacial score (nSPS) is 15.8. The topological polar surface area (TPSA) is 61.2 Å². The highest BCUT2D eigenvalue weighted by molar-refractivity contribution is 6.32. The second-order valence-electron chi connectivity index (χ2n) is 8.62. The summed E-state index contributed by atoms with van der Waals surface area (Å²) in [6.45, 7) is 10.6. The van der Waals surface area contributed by atoms with Crippen LogP contribution < -0.4 is 10.1 Å². The van der Waals surface area contributed by atoms with Crippen LogP contribution in [0, 0.1) is 11.3 Å². The Hall–Kier alpha value is -3.07. The zero-order valence-corrected chi connectivity index (χ0v) is 20.1. The van der Waals surface area contributed by atoms with E-state index in [1.54, 1.807) is 12.4 Å². The Bertz CT molecular complexity index is 1020. The summed E-state index contributed by atoms with van der Waals surface area (Å²) in [6.07, 6.45) is 10.9. The Morgan fingerprint density at radius 1 is 1.24 bits per heavy atom. The van der Waals surface area contributed by atoms with E-state index in [4.69, 9.17) is 21.6 Å². The highest BCUT2D eigenvalue weighted by Gasteiger charge is 2.25. The molecule has 3 rings (SSSR count). The van der Waals surface area contributed by atoms with Crippen LogP contribution in [0.3, 0.4) is 0 Å². The predicted octanol–water partition coefficient (Wildman–Crippen LogP) is 5.68. The molecule has 6 heteroatoms. The second-order valence-corrected chi connectivity index (χ2v) is 9.03. The van der Waals surface area contributed by atoms with Gasteiger partial charge in [-0.1, -0.05) is 36.4 Å². The minimum absolute atomic E-state index is 0.124. The molecule has 1 aromatic heterocycles. The third kappa shape index (κ3) is 6.95. The number of ether oxygens (including phenoxy) is 1. The van der Waals surface area contributed by atoms with Gasteiger partial charge >= 0.3 is 0 Å². The van der Waals surface area contributed by atoms with Gasteiger partial charge in [-0.2, -0.15) is 5.26 Å². The summed E-state index contributed by atoms with van der Waals surface area (Å²) >= 11 is 6.18. The number of rotatable bonds is 11. The van der Waals surface area contributed by atoms with E-state index in [0.717, 1.165) is 42.8 Å². The van der Waals surface area contributed by atoms with Crippen molar-refractivity contribution in [3.63, 3.8) is 0 Å². The molecule has 1 aromatic carbocycles. The zero-order valence-electron chi connectivity index (χ0n) is 19.3. The van der Waals surface area contributed by atoms with E-state index in [-0.39, 0.29) is 11.6 Å². The number of halogens is 1. The summed E-state index contributed by atoms with van der Waals surface area (Å²) in [4.78, 5) is 6.30. The number of hydrogen-bond acceptors (Lipinski definition) is 5. The monoisotopic (exact) mass is 462 g/mol. The fraction of sp³-hybridized carbons (Fsp3) is 0.333. The minimum atomic E-state index is -0.131. The molecule has 1 heterocycles. The summed E-state index contributed by atoms with van der Waals surface area (Å²) in [7, 11) is 0. The van der Waals surface area contributed by atoms with Crippen molar-refractivity contribution in [3.8, 4) is 22.9 Å². The fourth-order valence-corrected chi connectivity index (χ4v) is 4.03. The van der Waals surface area contributed by atoms with Crippen LogP contribution in [0.15, 0.2) is 84.3 Å². The number of pyridine rings is 1. The molecule has 0 bridgehead atoms. The Labute approximate surface area is 202 Å². The summed E-state index contributed by atoms with van der Waals surface area (Å²) in [5.41, 5.74) is 2.70. The number of nitrogens with one attached hydrogen (secondary N) is 1. The van der Waals surface area contributed by atoms with E-state index in [2.05, 4.69) is 53.8 Å². The highest BCUT2D eigenvalue weighted by Crippen LogP contribution is 2.23. The molecule has 1 atom stereocenters. The molecule has 2 aromatic rings. The van der Waals surface area contributed by atoms with Gasteiger partial charge in [0, 0.05) is 37.1 Å². The summed E-state index contributed by atoms with van der Waals surface area (Å²) in [5.74, 6) is 0.865. The molecule has 5 nitrogen and oxygen atoms in total. The van der Waals surface area contributed by atoms with E-state index in [0.29, 0.717) is 17.2 Å². The van der Waals surface area contributed by atoms with Gasteiger partial charge in [0.05, 0.1) is 17.2 Å². The van der Waals surface area contributed by atoms with Gasteiger partial charge in [0.2, 0.25) is 0 Å². The van der Waals surface area contributed by atoms with Gasteiger partial charge in [0.25, 0.3) is 0 Å². The van der Waals surface area contributed by atoms with E-state index in [1.807, 2.05) is 42.6 Å². The first-order valence-corrected chi connectivity index (χ1v) is 11.5. The molecule has 1 N–H and O–H groups in total. The number of aromatic nitrogens is 1. The van der Waals surface area contributed by atoms with Crippen molar-refractivity contribution in [2.45, 2.75) is 38.3 Å². The van der Waals surface area contributed by atoms with Crippen LogP contribution in [0.5, 0.6) is 5.75 Å². The standard InChI is InChI=1S/C27H31ClN4O/c1-4-32(27(2,3)20-31-24-9-6-23(19-29)26(28)18-24)16-5-17-33-25-10-7-21(8-11-25)22-12-14-30-15-13-22/h4,6-8,10-15,18,24,31H,1,5,9,16-17,20H2,2-3H3/t24-/m0/s1. The first-order chi connectivity index (χ1) is 15.9. The van der Waals surface area contributed by atoms with Crippen LogP contribution >= 0.6 is 11.6 Å². The maximum absolute atomic E-state index is 9.05. The lowest BCUT2D eigenvalue weighted by Gasteiger charge is -2.39. The molecule has 0 saturated carbocycles. The van der Waals surface area contributed by atoms with Crippen molar-refractivity contribution in [3.05, 3.63) is 84.3 Å². The third-order valence-electron chi connectivity index (χ3n) is 5.78. The molecule has 1 aliphatic carbocycles. The van der Waals surface area contributed by atoms with Crippen molar-refractivity contribution >= 4 is 11.6 Å². The molecule has 1 aliphatic rings. The number of benzene rings is 1.